The van der Waals surface area contributed by atoms with Crippen molar-refractivity contribution >= 4 is 11.7 Å². The summed E-state index contributed by atoms with van der Waals surface area (Å²) < 4.78 is 18.8. The number of nitrogens with one attached hydrogen (secondary N) is 1. The monoisotopic (exact) mass is 330 g/mol. The molecule has 0 heterocycles. The Hall–Kier alpha value is -2.40. The standard InChI is InChI=1S/C19H23FN2O2/c1-24-14-8-7-13-22(15-16-9-3-2-4-10-16)19(23)21-18-12-6-5-11-17(18)20/h2-6,9-12H,7-8,13-15H2,1H3,(H,21,23). The molecule has 0 unspecified atom stereocenters. The second-order valence-corrected chi connectivity index (χ2v) is 5.52. The van der Waals surface area contributed by atoms with Crippen LogP contribution in [0.5, 0.6) is 0 Å². The molecule has 2 aromatic carbocycles. The average Bonchev–Trinajstić information content (AvgIpc) is 2.60. The number of carbonyl (C=O) groups is 1. The summed E-state index contributed by atoms with van der Waals surface area (Å²) in [7, 11) is 1.66. The normalized spacial score (nSPS) is 10.4. The van der Waals surface area contributed by atoms with Gasteiger partial charge in [0.2, 0.25) is 0 Å². The van der Waals surface area contributed by atoms with E-state index < -0.39 is 5.82 Å². The fourth-order valence-corrected chi connectivity index (χ4v) is 2.36. The maximum atomic E-state index is 13.7. The Balaban J connectivity index is 2.02. The summed E-state index contributed by atoms with van der Waals surface area (Å²) in [6.45, 7) is 1.72. The number of rotatable bonds is 8. The number of urea groups is 1. The van der Waals surface area contributed by atoms with Crippen molar-refractivity contribution in [3.8, 4) is 0 Å². The van der Waals surface area contributed by atoms with Gasteiger partial charge in [-0.25, -0.2) is 9.18 Å². The van der Waals surface area contributed by atoms with Crippen molar-refractivity contribution < 1.29 is 13.9 Å². The van der Waals surface area contributed by atoms with Crippen LogP contribution in [0.1, 0.15) is 18.4 Å². The van der Waals surface area contributed by atoms with Crippen molar-refractivity contribution in [2.45, 2.75) is 19.4 Å². The van der Waals surface area contributed by atoms with E-state index in [9.17, 15) is 9.18 Å². The Morgan fingerprint density at radius 1 is 1.08 bits per heavy atom. The van der Waals surface area contributed by atoms with Crippen LogP contribution in [0.15, 0.2) is 54.6 Å². The van der Waals surface area contributed by atoms with E-state index >= 15 is 0 Å². The quantitative estimate of drug-likeness (QED) is 0.734. The lowest BCUT2D eigenvalue weighted by Gasteiger charge is -2.23. The van der Waals surface area contributed by atoms with Gasteiger partial charge in [-0.15, -0.1) is 0 Å². The van der Waals surface area contributed by atoms with Crippen LogP contribution in [0.25, 0.3) is 0 Å². The molecule has 0 aliphatic rings. The first-order valence-electron chi connectivity index (χ1n) is 8.04. The number of unbranched alkanes of at least 4 members (excludes halogenated alkanes) is 1. The van der Waals surface area contributed by atoms with Gasteiger partial charge in [0.05, 0.1) is 5.69 Å². The third-order valence-corrected chi connectivity index (χ3v) is 3.65. The Labute approximate surface area is 142 Å². The van der Waals surface area contributed by atoms with Crippen molar-refractivity contribution in [1.82, 2.24) is 4.90 Å². The van der Waals surface area contributed by atoms with E-state index in [1.54, 1.807) is 30.2 Å². The van der Waals surface area contributed by atoms with Gasteiger partial charge in [0, 0.05) is 26.8 Å². The molecule has 0 aromatic heterocycles. The number of methoxy groups -OCH3 is 1. The number of anilines is 1. The van der Waals surface area contributed by atoms with Crippen LogP contribution in [0.2, 0.25) is 0 Å². The Kier molecular flexibility index (Phi) is 7.23. The molecule has 0 bridgehead atoms. The number of amides is 2. The molecular weight excluding hydrogens is 307 g/mol. The van der Waals surface area contributed by atoms with E-state index in [2.05, 4.69) is 5.32 Å². The molecule has 0 saturated carbocycles. The molecule has 0 radical (unpaired) electrons. The largest absolute Gasteiger partial charge is 0.385 e. The molecule has 24 heavy (non-hydrogen) atoms. The zero-order chi connectivity index (χ0) is 17.2. The number of carbonyl (C=O) groups excluding carboxylic acids is 1. The van der Waals surface area contributed by atoms with Crippen LogP contribution in [0, 0.1) is 5.82 Å². The Morgan fingerprint density at radius 3 is 2.50 bits per heavy atom. The topological polar surface area (TPSA) is 41.6 Å². The second kappa shape index (κ2) is 9.67. The summed E-state index contributed by atoms with van der Waals surface area (Å²) in [4.78, 5) is 14.2. The van der Waals surface area contributed by atoms with E-state index in [1.165, 1.54) is 6.07 Å². The van der Waals surface area contributed by atoms with Gasteiger partial charge in [0.1, 0.15) is 5.82 Å². The lowest BCUT2D eigenvalue weighted by molar-refractivity contribution is 0.182. The molecule has 2 aromatic rings. The molecule has 0 spiro atoms. The van der Waals surface area contributed by atoms with Gasteiger partial charge in [0.15, 0.2) is 0 Å². The number of hydrogen-bond acceptors (Lipinski definition) is 2. The maximum absolute atomic E-state index is 13.7. The van der Waals surface area contributed by atoms with Crippen LogP contribution < -0.4 is 5.32 Å². The third-order valence-electron chi connectivity index (χ3n) is 3.65. The van der Waals surface area contributed by atoms with E-state index in [1.807, 2.05) is 30.3 Å². The SMILES string of the molecule is COCCCCN(Cc1ccccc1)C(=O)Nc1ccccc1F. The zero-order valence-corrected chi connectivity index (χ0v) is 13.9. The number of hydrogen-bond donors (Lipinski definition) is 1. The fraction of sp³-hybridized carbons (Fsp3) is 0.316. The number of ether oxygens (including phenoxy) is 1. The Bertz CT molecular complexity index is 634. The average molecular weight is 330 g/mol. The smallest absolute Gasteiger partial charge is 0.322 e. The predicted octanol–water partition coefficient (Wildman–Crippen LogP) is 4.29. The first-order valence-corrected chi connectivity index (χ1v) is 8.04. The van der Waals surface area contributed by atoms with E-state index in [4.69, 9.17) is 4.74 Å². The van der Waals surface area contributed by atoms with Crippen LogP contribution in [0.4, 0.5) is 14.9 Å². The molecular formula is C19H23FN2O2. The minimum absolute atomic E-state index is 0.192. The minimum Gasteiger partial charge on any atom is -0.385 e. The van der Waals surface area contributed by atoms with Gasteiger partial charge in [-0.2, -0.15) is 0 Å². The maximum Gasteiger partial charge on any atom is 0.322 e. The molecule has 0 atom stereocenters. The van der Waals surface area contributed by atoms with Gasteiger partial charge >= 0.3 is 6.03 Å². The molecule has 1 N–H and O–H groups in total. The molecule has 4 nitrogen and oxygen atoms in total. The number of halogens is 1. The number of para-hydroxylation sites is 1. The molecule has 2 amide bonds. The Morgan fingerprint density at radius 2 is 1.79 bits per heavy atom. The molecule has 0 fully saturated rings. The summed E-state index contributed by atoms with van der Waals surface area (Å²) in [6.07, 6.45) is 1.69. The van der Waals surface area contributed by atoms with Crippen molar-refractivity contribution in [2.75, 3.05) is 25.6 Å². The first kappa shape index (κ1) is 17.9. The fourth-order valence-electron chi connectivity index (χ4n) is 2.36. The molecule has 0 aliphatic carbocycles. The molecule has 128 valence electrons. The molecule has 2 rings (SSSR count). The summed E-state index contributed by atoms with van der Waals surface area (Å²) in [5, 5.41) is 2.65. The van der Waals surface area contributed by atoms with Crippen molar-refractivity contribution in [1.29, 1.82) is 0 Å². The van der Waals surface area contributed by atoms with E-state index in [-0.39, 0.29) is 11.7 Å². The summed E-state index contributed by atoms with van der Waals surface area (Å²) >= 11 is 0. The van der Waals surface area contributed by atoms with Crippen LogP contribution in [-0.2, 0) is 11.3 Å². The highest BCUT2D eigenvalue weighted by molar-refractivity contribution is 5.89. The van der Waals surface area contributed by atoms with Gasteiger partial charge in [0.25, 0.3) is 0 Å². The summed E-state index contributed by atoms with van der Waals surface area (Å²) in [5.41, 5.74) is 1.23. The minimum atomic E-state index is -0.440. The van der Waals surface area contributed by atoms with Crippen LogP contribution >= 0.6 is 0 Å². The number of benzene rings is 2. The lowest BCUT2D eigenvalue weighted by Crippen LogP contribution is -2.35. The van der Waals surface area contributed by atoms with Gasteiger partial charge in [-0.1, -0.05) is 42.5 Å². The van der Waals surface area contributed by atoms with E-state index in [0.717, 1.165) is 18.4 Å². The highest BCUT2D eigenvalue weighted by Gasteiger charge is 2.15. The highest BCUT2D eigenvalue weighted by atomic mass is 19.1. The van der Waals surface area contributed by atoms with E-state index in [0.29, 0.717) is 19.7 Å². The highest BCUT2D eigenvalue weighted by Crippen LogP contribution is 2.14. The molecule has 0 saturated heterocycles. The van der Waals surface area contributed by atoms with Crippen molar-refractivity contribution in [3.63, 3.8) is 0 Å². The van der Waals surface area contributed by atoms with Crippen molar-refractivity contribution in [3.05, 3.63) is 66.0 Å². The predicted molar refractivity (Wildman–Crippen MR) is 93.4 cm³/mol. The van der Waals surface area contributed by atoms with Crippen molar-refractivity contribution in [2.24, 2.45) is 0 Å². The zero-order valence-electron chi connectivity index (χ0n) is 13.9. The van der Waals surface area contributed by atoms with Crippen LogP contribution in [-0.4, -0.2) is 31.2 Å². The molecule has 5 heteroatoms. The second-order valence-electron chi connectivity index (χ2n) is 5.52. The van der Waals surface area contributed by atoms with Gasteiger partial charge in [-0.05, 0) is 30.5 Å². The van der Waals surface area contributed by atoms with Gasteiger partial charge < -0.3 is 15.0 Å². The first-order chi connectivity index (χ1) is 11.7. The lowest BCUT2D eigenvalue weighted by atomic mass is 10.2. The van der Waals surface area contributed by atoms with Crippen LogP contribution in [0.3, 0.4) is 0 Å². The molecule has 0 aliphatic heterocycles. The van der Waals surface area contributed by atoms with Gasteiger partial charge in [-0.3, -0.25) is 0 Å². The summed E-state index contributed by atoms with van der Waals surface area (Å²) in [6, 6.07) is 15.6. The summed E-state index contributed by atoms with van der Waals surface area (Å²) in [5.74, 6) is -0.440. The number of nitrogens with zero attached hydrogens (tertiary/aromatic N) is 1. The third kappa shape index (κ3) is 5.66.